The summed E-state index contributed by atoms with van der Waals surface area (Å²) in [6, 6.07) is 12.6. The third kappa shape index (κ3) is 2.75. The van der Waals surface area contributed by atoms with E-state index < -0.39 is 0 Å². The Bertz CT molecular complexity index is 689. The number of pyridine rings is 1. The molecule has 0 aliphatic carbocycles. The Balaban J connectivity index is 2.28. The molecule has 0 fully saturated rings. The van der Waals surface area contributed by atoms with Gasteiger partial charge in [0.05, 0.1) is 11.3 Å². The SMILES string of the molecule is CNc1cccc(C(=O)Nc2cccc(C)c2C#N)n1. The van der Waals surface area contributed by atoms with Gasteiger partial charge in [-0.15, -0.1) is 0 Å². The highest BCUT2D eigenvalue weighted by atomic mass is 16.1. The van der Waals surface area contributed by atoms with Gasteiger partial charge in [-0.2, -0.15) is 5.26 Å². The van der Waals surface area contributed by atoms with Crippen LogP contribution in [-0.4, -0.2) is 17.9 Å². The molecule has 0 saturated heterocycles. The summed E-state index contributed by atoms with van der Waals surface area (Å²) in [5.41, 5.74) is 2.07. The molecule has 1 aromatic heterocycles. The van der Waals surface area contributed by atoms with Crippen LogP contribution in [0, 0.1) is 18.3 Å². The van der Waals surface area contributed by atoms with Crippen LogP contribution in [0.4, 0.5) is 11.5 Å². The van der Waals surface area contributed by atoms with Crippen molar-refractivity contribution in [2.75, 3.05) is 17.7 Å². The van der Waals surface area contributed by atoms with Crippen molar-refractivity contribution in [3.8, 4) is 6.07 Å². The Labute approximate surface area is 117 Å². The van der Waals surface area contributed by atoms with E-state index in [4.69, 9.17) is 5.26 Å². The molecule has 100 valence electrons. The lowest BCUT2D eigenvalue weighted by Gasteiger charge is -2.09. The number of nitrogens with one attached hydrogen (secondary N) is 2. The van der Waals surface area contributed by atoms with E-state index in [9.17, 15) is 4.79 Å². The first kappa shape index (κ1) is 13.6. The van der Waals surface area contributed by atoms with Crippen LogP contribution >= 0.6 is 0 Å². The predicted octanol–water partition coefficient (Wildman–Crippen LogP) is 2.56. The molecule has 0 aliphatic rings. The summed E-state index contributed by atoms with van der Waals surface area (Å²) >= 11 is 0. The van der Waals surface area contributed by atoms with Gasteiger partial charge in [-0.05, 0) is 30.7 Å². The number of hydrogen-bond acceptors (Lipinski definition) is 4. The van der Waals surface area contributed by atoms with Gasteiger partial charge in [0.15, 0.2) is 0 Å². The number of rotatable bonds is 3. The van der Waals surface area contributed by atoms with Crippen LogP contribution in [0.1, 0.15) is 21.6 Å². The molecule has 0 unspecified atom stereocenters. The van der Waals surface area contributed by atoms with Gasteiger partial charge in [0, 0.05) is 7.05 Å². The number of benzene rings is 1. The van der Waals surface area contributed by atoms with Crippen molar-refractivity contribution >= 4 is 17.4 Å². The number of carbonyl (C=O) groups is 1. The van der Waals surface area contributed by atoms with Crippen LogP contribution in [-0.2, 0) is 0 Å². The van der Waals surface area contributed by atoms with E-state index in [1.807, 2.05) is 13.0 Å². The Morgan fingerprint density at radius 1 is 1.25 bits per heavy atom. The molecule has 2 rings (SSSR count). The minimum Gasteiger partial charge on any atom is -0.373 e. The highest BCUT2D eigenvalue weighted by Gasteiger charge is 2.11. The highest BCUT2D eigenvalue weighted by molar-refractivity contribution is 6.03. The van der Waals surface area contributed by atoms with Crippen LogP contribution in [0.5, 0.6) is 0 Å². The fourth-order valence-electron chi connectivity index (χ4n) is 1.81. The van der Waals surface area contributed by atoms with E-state index in [2.05, 4.69) is 21.7 Å². The topological polar surface area (TPSA) is 77.8 Å². The van der Waals surface area contributed by atoms with Crippen LogP contribution in [0.2, 0.25) is 0 Å². The molecule has 20 heavy (non-hydrogen) atoms. The Kier molecular flexibility index (Phi) is 3.96. The lowest BCUT2D eigenvalue weighted by molar-refractivity contribution is 0.102. The van der Waals surface area contributed by atoms with E-state index in [0.717, 1.165) is 5.56 Å². The van der Waals surface area contributed by atoms with E-state index >= 15 is 0 Å². The first-order chi connectivity index (χ1) is 9.65. The maximum atomic E-state index is 12.2. The minimum absolute atomic E-state index is 0.294. The molecule has 1 aromatic carbocycles. The minimum atomic E-state index is -0.343. The monoisotopic (exact) mass is 266 g/mol. The number of hydrogen-bond donors (Lipinski definition) is 2. The van der Waals surface area contributed by atoms with Gasteiger partial charge in [-0.25, -0.2) is 4.98 Å². The van der Waals surface area contributed by atoms with Crippen molar-refractivity contribution in [3.05, 3.63) is 53.2 Å². The molecular weight excluding hydrogens is 252 g/mol. The molecule has 2 N–H and O–H groups in total. The van der Waals surface area contributed by atoms with Gasteiger partial charge in [0.2, 0.25) is 0 Å². The zero-order valence-corrected chi connectivity index (χ0v) is 11.3. The molecule has 0 atom stereocenters. The summed E-state index contributed by atoms with van der Waals surface area (Å²) in [5, 5.41) is 14.7. The average Bonchev–Trinajstić information content (AvgIpc) is 2.47. The summed E-state index contributed by atoms with van der Waals surface area (Å²) in [6.45, 7) is 1.83. The second kappa shape index (κ2) is 5.85. The van der Waals surface area contributed by atoms with Crippen molar-refractivity contribution in [3.63, 3.8) is 0 Å². The molecule has 1 heterocycles. The number of carbonyl (C=O) groups excluding carboxylic acids is 1. The van der Waals surface area contributed by atoms with Crippen LogP contribution in [0.15, 0.2) is 36.4 Å². The molecular formula is C15H14N4O. The number of aromatic nitrogens is 1. The fraction of sp³-hybridized carbons (Fsp3) is 0.133. The first-order valence-electron chi connectivity index (χ1n) is 6.11. The molecule has 0 radical (unpaired) electrons. The lowest BCUT2D eigenvalue weighted by atomic mass is 10.1. The van der Waals surface area contributed by atoms with Crippen molar-refractivity contribution in [2.24, 2.45) is 0 Å². The molecule has 0 spiro atoms. The van der Waals surface area contributed by atoms with E-state index in [-0.39, 0.29) is 5.91 Å². The largest absolute Gasteiger partial charge is 0.373 e. The predicted molar refractivity (Wildman–Crippen MR) is 77.6 cm³/mol. The number of nitrogens with zero attached hydrogens (tertiary/aromatic N) is 2. The van der Waals surface area contributed by atoms with Crippen LogP contribution in [0.3, 0.4) is 0 Å². The summed E-state index contributed by atoms with van der Waals surface area (Å²) in [4.78, 5) is 16.3. The second-order valence-corrected chi connectivity index (χ2v) is 4.22. The van der Waals surface area contributed by atoms with Gasteiger partial charge in [-0.3, -0.25) is 4.79 Å². The second-order valence-electron chi connectivity index (χ2n) is 4.22. The quantitative estimate of drug-likeness (QED) is 0.895. The first-order valence-corrected chi connectivity index (χ1v) is 6.11. The van der Waals surface area contributed by atoms with Crippen LogP contribution < -0.4 is 10.6 Å². The molecule has 5 heteroatoms. The van der Waals surface area contributed by atoms with Crippen molar-refractivity contribution < 1.29 is 4.79 Å². The summed E-state index contributed by atoms with van der Waals surface area (Å²) in [5.74, 6) is 0.270. The zero-order chi connectivity index (χ0) is 14.5. The normalized spacial score (nSPS) is 9.65. The van der Waals surface area contributed by atoms with Gasteiger partial charge in [0.1, 0.15) is 17.6 Å². The Hall–Kier alpha value is -2.87. The number of nitriles is 1. The summed E-state index contributed by atoms with van der Waals surface area (Å²) < 4.78 is 0. The van der Waals surface area contributed by atoms with Gasteiger partial charge >= 0.3 is 0 Å². The Morgan fingerprint density at radius 2 is 2.00 bits per heavy atom. The molecule has 2 aromatic rings. The molecule has 0 aliphatic heterocycles. The summed E-state index contributed by atoms with van der Waals surface area (Å²) in [6.07, 6.45) is 0. The van der Waals surface area contributed by atoms with E-state index in [1.165, 1.54) is 0 Å². The fourth-order valence-corrected chi connectivity index (χ4v) is 1.81. The summed E-state index contributed by atoms with van der Waals surface area (Å²) in [7, 11) is 1.73. The van der Waals surface area contributed by atoms with Gasteiger partial charge in [0.25, 0.3) is 5.91 Å². The molecule has 5 nitrogen and oxygen atoms in total. The zero-order valence-electron chi connectivity index (χ0n) is 11.3. The molecule has 0 saturated carbocycles. The van der Waals surface area contributed by atoms with Gasteiger partial charge < -0.3 is 10.6 Å². The van der Waals surface area contributed by atoms with Crippen molar-refractivity contribution in [1.82, 2.24) is 4.98 Å². The van der Waals surface area contributed by atoms with E-state index in [1.54, 1.807) is 37.4 Å². The van der Waals surface area contributed by atoms with Gasteiger partial charge in [-0.1, -0.05) is 18.2 Å². The van der Waals surface area contributed by atoms with Crippen LogP contribution in [0.25, 0.3) is 0 Å². The maximum Gasteiger partial charge on any atom is 0.274 e. The highest BCUT2D eigenvalue weighted by Crippen LogP contribution is 2.19. The van der Waals surface area contributed by atoms with E-state index in [0.29, 0.717) is 22.8 Å². The average molecular weight is 266 g/mol. The van der Waals surface area contributed by atoms with Crippen molar-refractivity contribution in [2.45, 2.75) is 6.92 Å². The Morgan fingerprint density at radius 3 is 2.70 bits per heavy atom. The maximum absolute atomic E-state index is 12.2. The third-order valence-corrected chi connectivity index (χ3v) is 2.87. The smallest absolute Gasteiger partial charge is 0.274 e. The third-order valence-electron chi connectivity index (χ3n) is 2.87. The number of anilines is 2. The number of amides is 1. The standard InChI is InChI=1S/C15H14N4O/c1-10-5-3-6-12(11(10)9-16)19-15(20)13-7-4-8-14(17-2)18-13/h3-8H,1-2H3,(H,17,18)(H,19,20). The molecule has 1 amide bonds. The molecule has 0 bridgehead atoms. The van der Waals surface area contributed by atoms with Crippen molar-refractivity contribution in [1.29, 1.82) is 5.26 Å². The number of aryl methyl sites for hydroxylation is 1. The lowest BCUT2D eigenvalue weighted by Crippen LogP contribution is -2.15.